The van der Waals surface area contributed by atoms with Gasteiger partial charge < -0.3 is 0 Å². The molecule has 1 atom stereocenters. The minimum absolute atomic E-state index is 0.923. The van der Waals surface area contributed by atoms with Crippen LogP contribution in [0.5, 0.6) is 0 Å². The van der Waals surface area contributed by atoms with Crippen molar-refractivity contribution in [2.75, 3.05) is 26.2 Å². The van der Waals surface area contributed by atoms with Gasteiger partial charge in [-0.1, -0.05) is 13.3 Å². The van der Waals surface area contributed by atoms with Crippen LogP contribution in [0.25, 0.3) is 0 Å². The number of hydrazine groups is 1. The minimum Gasteiger partial charge on any atom is -0.242 e. The van der Waals surface area contributed by atoms with E-state index in [2.05, 4.69) is 16.9 Å². The first-order valence-corrected chi connectivity index (χ1v) is 5.36. The molecule has 0 aromatic carbocycles. The zero-order chi connectivity index (χ0) is 8.39. The fraction of sp³-hybridized carbons (Fsp3) is 1.00. The van der Waals surface area contributed by atoms with Gasteiger partial charge in [0, 0.05) is 26.2 Å². The summed E-state index contributed by atoms with van der Waals surface area (Å²) in [5.41, 5.74) is 0. The van der Waals surface area contributed by atoms with Crippen molar-refractivity contribution in [2.45, 2.75) is 32.6 Å². The summed E-state index contributed by atoms with van der Waals surface area (Å²) in [4.78, 5) is 0. The van der Waals surface area contributed by atoms with Crippen molar-refractivity contribution in [3.05, 3.63) is 0 Å². The van der Waals surface area contributed by atoms with Crippen molar-refractivity contribution in [1.29, 1.82) is 0 Å². The van der Waals surface area contributed by atoms with Gasteiger partial charge in [0.1, 0.15) is 0 Å². The van der Waals surface area contributed by atoms with Gasteiger partial charge in [0.2, 0.25) is 0 Å². The molecule has 0 aliphatic carbocycles. The minimum atomic E-state index is 0.923. The van der Waals surface area contributed by atoms with Gasteiger partial charge in [-0.2, -0.15) is 0 Å². The molecule has 0 aromatic heterocycles. The second-order valence-electron chi connectivity index (χ2n) is 4.32. The highest BCUT2D eigenvalue weighted by molar-refractivity contribution is 4.73. The molecule has 0 amide bonds. The predicted octanol–water partition coefficient (Wildman–Crippen LogP) is 1.73. The van der Waals surface area contributed by atoms with Crippen molar-refractivity contribution in [2.24, 2.45) is 5.92 Å². The molecular formula is C10H20N2. The van der Waals surface area contributed by atoms with Gasteiger partial charge in [0.25, 0.3) is 0 Å². The van der Waals surface area contributed by atoms with E-state index in [9.17, 15) is 0 Å². The van der Waals surface area contributed by atoms with Gasteiger partial charge in [-0.3, -0.25) is 0 Å². The fourth-order valence-corrected chi connectivity index (χ4v) is 2.33. The van der Waals surface area contributed by atoms with Gasteiger partial charge in [-0.05, 0) is 25.2 Å². The number of hydrogen-bond donors (Lipinski definition) is 0. The lowest BCUT2D eigenvalue weighted by molar-refractivity contribution is -0.0214. The first kappa shape index (κ1) is 8.52. The van der Waals surface area contributed by atoms with E-state index in [1.54, 1.807) is 0 Å². The Bertz CT molecular complexity index is 138. The summed E-state index contributed by atoms with van der Waals surface area (Å²) >= 11 is 0. The van der Waals surface area contributed by atoms with Gasteiger partial charge in [0.05, 0.1) is 0 Å². The molecule has 2 saturated heterocycles. The molecule has 70 valence electrons. The Morgan fingerprint density at radius 1 is 0.917 bits per heavy atom. The third-order valence-electron chi connectivity index (χ3n) is 3.13. The number of hydrogen-bond acceptors (Lipinski definition) is 2. The normalized spacial score (nSPS) is 34.2. The predicted molar refractivity (Wildman–Crippen MR) is 50.8 cm³/mol. The summed E-state index contributed by atoms with van der Waals surface area (Å²) in [5.74, 6) is 0.923. The maximum atomic E-state index is 2.58. The van der Waals surface area contributed by atoms with Crippen LogP contribution in [0.15, 0.2) is 0 Å². The third kappa shape index (κ3) is 1.80. The first-order valence-electron chi connectivity index (χ1n) is 5.36. The monoisotopic (exact) mass is 168 g/mol. The SMILES string of the molecule is CC1CCN(N2CCCCC2)C1. The topological polar surface area (TPSA) is 6.48 Å². The Morgan fingerprint density at radius 3 is 2.25 bits per heavy atom. The fourth-order valence-electron chi connectivity index (χ4n) is 2.33. The van der Waals surface area contributed by atoms with E-state index in [0.29, 0.717) is 0 Å². The lowest BCUT2D eigenvalue weighted by Crippen LogP contribution is -2.44. The van der Waals surface area contributed by atoms with Crippen molar-refractivity contribution >= 4 is 0 Å². The van der Waals surface area contributed by atoms with E-state index in [4.69, 9.17) is 0 Å². The Labute approximate surface area is 75.5 Å². The molecule has 0 bridgehead atoms. The molecule has 2 heteroatoms. The van der Waals surface area contributed by atoms with Crippen LogP contribution in [0.1, 0.15) is 32.6 Å². The van der Waals surface area contributed by atoms with Crippen molar-refractivity contribution in [1.82, 2.24) is 10.0 Å². The summed E-state index contributed by atoms with van der Waals surface area (Å²) in [6.07, 6.45) is 5.66. The average Bonchev–Trinajstić information content (AvgIpc) is 2.54. The van der Waals surface area contributed by atoms with Crippen LogP contribution in [0, 0.1) is 5.92 Å². The van der Waals surface area contributed by atoms with Crippen molar-refractivity contribution in [3.63, 3.8) is 0 Å². The lowest BCUT2D eigenvalue weighted by Gasteiger charge is -2.34. The van der Waals surface area contributed by atoms with Gasteiger partial charge >= 0.3 is 0 Å². The summed E-state index contributed by atoms with van der Waals surface area (Å²) in [6, 6.07) is 0. The van der Waals surface area contributed by atoms with Crippen LogP contribution in [-0.2, 0) is 0 Å². The van der Waals surface area contributed by atoms with E-state index < -0.39 is 0 Å². The van der Waals surface area contributed by atoms with Crippen LogP contribution in [0.2, 0.25) is 0 Å². The van der Waals surface area contributed by atoms with Crippen LogP contribution in [0.4, 0.5) is 0 Å². The maximum Gasteiger partial charge on any atom is 0.0159 e. The second-order valence-corrected chi connectivity index (χ2v) is 4.32. The molecule has 12 heavy (non-hydrogen) atoms. The molecule has 2 aliphatic rings. The highest BCUT2D eigenvalue weighted by Crippen LogP contribution is 2.20. The largest absolute Gasteiger partial charge is 0.242 e. The lowest BCUT2D eigenvalue weighted by atomic mass is 10.1. The molecule has 2 nitrogen and oxygen atoms in total. The number of rotatable bonds is 1. The van der Waals surface area contributed by atoms with Crippen LogP contribution < -0.4 is 0 Å². The summed E-state index contributed by atoms with van der Waals surface area (Å²) in [5, 5.41) is 5.15. The molecule has 0 spiro atoms. The van der Waals surface area contributed by atoms with Gasteiger partial charge in [0.15, 0.2) is 0 Å². The van der Waals surface area contributed by atoms with E-state index in [0.717, 1.165) is 5.92 Å². The Balaban J connectivity index is 1.83. The maximum absolute atomic E-state index is 2.58. The molecule has 0 radical (unpaired) electrons. The molecule has 0 saturated carbocycles. The van der Waals surface area contributed by atoms with Crippen LogP contribution in [0.3, 0.4) is 0 Å². The quantitative estimate of drug-likeness (QED) is 0.588. The van der Waals surface area contributed by atoms with Crippen LogP contribution >= 0.6 is 0 Å². The summed E-state index contributed by atoms with van der Waals surface area (Å²) in [6.45, 7) is 7.60. The molecule has 2 fully saturated rings. The van der Waals surface area contributed by atoms with Crippen LogP contribution in [-0.4, -0.2) is 36.2 Å². The molecule has 1 unspecified atom stereocenters. The molecular weight excluding hydrogens is 148 g/mol. The zero-order valence-corrected chi connectivity index (χ0v) is 8.13. The van der Waals surface area contributed by atoms with Crippen molar-refractivity contribution < 1.29 is 0 Å². The number of nitrogens with zero attached hydrogens (tertiary/aromatic N) is 2. The molecule has 2 aliphatic heterocycles. The highest BCUT2D eigenvalue weighted by Gasteiger charge is 2.24. The molecule has 2 heterocycles. The smallest absolute Gasteiger partial charge is 0.0159 e. The van der Waals surface area contributed by atoms with E-state index in [1.807, 2.05) is 0 Å². The van der Waals surface area contributed by atoms with E-state index >= 15 is 0 Å². The Kier molecular flexibility index (Phi) is 2.66. The first-order chi connectivity index (χ1) is 5.86. The van der Waals surface area contributed by atoms with Gasteiger partial charge in [-0.25, -0.2) is 10.0 Å². The Morgan fingerprint density at radius 2 is 1.67 bits per heavy atom. The standard InChI is InChI=1S/C10H20N2/c1-10-5-8-12(9-10)11-6-3-2-4-7-11/h10H,2-9H2,1H3. The Hall–Kier alpha value is -0.0800. The van der Waals surface area contributed by atoms with Crippen molar-refractivity contribution in [3.8, 4) is 0 Å². The molecule has 0 aromatic rings. The molecule has 2 rings (SSSR count). The molecule has 0 N–H and O–H groups in total. The summed E-state index contributed by atoms with van der Waals surface area (Å²) < 4.78 is 0. The average molecular weight is 168 g/mol. The van der Waals surface area contributed by atoms with E-state index in [1.165, 1.54) is 51.9 Å². The highest BCUT2D eigenvalue weighted by atomic mass is 15.6. The second kappa shape index (κ2) is 3.75. The summed E-state index contributed by atoms with van der Waals surface area (Å²) in [7, 11) is 0. The van der Waals surface area contributed by atoms with Gasteiger partial charge in [-0.15, -0.1) is 0 Å². The number of piperidine rings is 1. The zero-order valence-electron chi connectivity index (χ0n) is 8.13. The third-order valence-corrected chi connectivity index (χ3v) is 3.13. The van der Waals surface area contributed by atoms with E-state index in [-0.39, 0.29) is 0 Å².